The maximum Gasteiger partial charge on any atom is 0.442 e. The van der Waals surface area contributed by atoms with Gasteiger partial charge in [-0.15, -0.1) is 31.8 Å². The molecule has 0 spiro atoms. The molecule has 13 nitrogen and oxygen atoms in total. The highest BCUT2D eigenvalue weighted by Crippen LogP contribution is 2.52. The molecule has 6 aromatic rings. The Bertz CT molecular complexity index is 2880. The van der Waals surface area contributed by atoms with Gasteiger partial charge >= 0.3 is 17.8 Å². The van der Waals surface area contributed by atoms with Crippen LogP contribution in [0.25, 0.3) is 10.2 Å². The summed E-state index contributed by atoms with van der Waals surface area (Å²) in [6.07, 6.45) is -3.70. The van der Waals surface area contributed by atoms with Crippen molar-refractivity contribution in [3.63, 3.8) is 0 Å². The van der Waals surface area contributed by atoms with E-state index < -0.39 is 31.7 Å². The summed E-state index contributed by atoms with van der Waals surface area (Å²) in [5.74, 6) is 5.90. The monoisotopic (exact) mass is 973 g/mol. The number of carbonyl (C=O) groups is 1. The summed E-state index contributed by atoms with van der Waals surface area (Å²) in [6, 6.07) is 21.6. The van der Waals surface area contributed by atoms with Gasteiger partial charge in [0, 0.05) is 44.3 Å². The molecule has 3 aromatic heterocycles. The summed E-state index contributed by atoms with van der Waals surface area (Å²) in [4.78, 5) is 27.7. The highest BCUT2D eigenvalue weighted by molar-refractivity contribution is 7.16. The number of ether oxygens (including phenoxy) is 3. The molecule has 1 aliphatic heterocycles. The second-order valence-electron chi connectivity index (χ2n) is 17.1. The van der Waals surface area contributed by atoms with E-state index in [0.717, 1.165) is 32.2 Å². The van der Waals surface area contributed by atoms with Gasteiger partial charge in [0.2, 0.25) is 0 Å². The highest BCUT2D eigenvalue weighted by Gasteiger charge is 2.65. The van der Waals surface area contributed by atoms with Crippen molar-refractivity contribution in [2.75, 3.05) is 45.4 Å². The summed E-state index contributed by atoms with van der Waals surface area (Å²) >= 11 is 2.89. The zero-order valence-electron chi connectivity index (χ0n) is 38.3. The molecule has 0 bridgehead atoms. The number of esters is 1. The van der Waals surface area contributed by atoms with Crippen molar-refractivity contribution in [2.45, 2.75) is 77.5 Å². The van der Waals surface area contributed by atoms with Gasteiger partial charge in [-0.2, -0.15) is 18.2 Å². The number of hydrogen-bond donors (Lipinski definition) is 0. The first kappa shape index (κ1) is 49.1. The Balaban J connectivity index is 0.947. The number of halogens is 4. The third-order valence-corrected chi connectivity index (χ3v) is 14.5. The molecule has 0 saturated heterocycles. The molecule has 0 amide bonds. The molecule has 0 atom stereocenters. The number of anilines is 2. The molecule has 67 heavy (non-hydrogen) atoms. The van der Waals surface area contributed by atoms with Crippen LogP contribution < -0.4 is 14.4 Å². The van der Waals surface area contributed by atoms with E-state index in [-0.39, 0.29) is 30.2 Å². The Morgan fingerprint density at radius 1 is 0.985 bits per heavy atom. The zero-order chi connectivity index (χ0) is 47.9. The molecule has 352 valence electrons. The summed E-state index contributed by atoms with van der Waals surface area (Å²) < 4.78 is 75.5. The molecular weight excluding hydrogens is 923 g/mol. The van der Waals surface area contributed by atoms with Crippen LogP contribution in [0.15, 0.2) is 88.0 Å². The fourth-order valence-electron chi connectivity index (χ4n) is 6.74. The number of aryl methyl sites for hydroxylation is 2. The smallest absolute Gasteiger partial charge is 0.442 e. The van der Waals surface area contributed by atoms with Gasteiger partial charge in [0.05, 0.1) is 30.0 Å². The molecule has 4 heterocycles. The minimum absolute atomic E-state index is 0.0227. The number of para-hydroxylation sites is 1. The molecule has 0 aliphatic carbocycles. The first-order chi connectivity index (χ1) is 31.9. The Morgan fingerprint density at radius 3 is 2.43 bits per heavy atom. The predicted octanol–water partition coefficient (Wildman–Crippen LogP) is 10.6. The molecule has 3 aromatic carbocycles. The lowest BCUT2D eigenvalue weighted by atomic mass is 10.0. The Labute approximate surface area is 395 Å². The number of carbonyl (C=O) groups excluding carboxylic acids is 1. The lowest BCUT2D eigenvalue weighted by molar-refractivity contribution is -0.166. The normalized spacial score (nSPS) is 13.5. The molecule has 0 radical (unpaired) electrons. The van der Waals surface area contributed by atoms with E-state index in [1.54, 1.807) is 48.4 Å². The maximum atomic E-state index is 15.1. The minimum Gasteiger partial charge on any atom is -0.491 e. The van der Waals surface area contributed by atoms with Gasteiger partial charge in [-0.05, 0) is 87.3 Å². The second kappa shape index (κ2) is 21.0. The lowest BCUT2D eigenvalue weighted by Gasteiger charge is -2.16. The molecule has 20 heteroatoms. The van der Waals surface area contributed by atoms with E-state index in [0.29, 0.717) is 66.5 Å². The van der Waals surface area contributed by atoms with Crippen molar-refractivity contribution < 1.29 is 36.6 Å². The summed E-state index contributed by atoms with van der Waals surface area (Å²) in [5.41, 5.74) is 0.819. The van der Waals surface area contributed by atoms with Crippen LogP contribution in [0.1, 0.15) is 51.0 Å². The van der Waals surface area contributed by atoms with Crippen molar-refractivity contribution >= 4 is 63.7 Å². The van der Waals surface area contributed by atoms with Crippen molar-refractivity contribution in [3.8, 4) is 17.6 Å². The van der Waals surface area contributed by atoms with E-state index in [2.05, 4.69) is 73.6 Å². The van der Waals surface area contributed by atoms with Gasteiger partial charge in [-0.3, -0.25) is 9.47 Å². The van der Waals surface area contributed by atoms with Gasteiger partial charge in [0.25, 0.3) is 0 Å². The molecule has 7 rings (SSSR count). The maximum absolute atomic E-state index is 15.1. The zero-order valence-corrected chi connectivity index (χ0v) is 40.9. The van der Waals surface area contributed by atoms with Crippen molar-refractivity contribution in [2.24, 2.45) is 15.2 Å². The third kappa shape index (κ3) is 12.2. The summed E-state index contributed by atoms with van der Waals surface area (Å²) in [5, 5.41) is 16.0. The molecule has 0 saturated carbocycles. The predicted molar refractivity (Wildman–Crippen MR) is 255 cm³/mol. The lowest BCUT2D eigenvalue weighted by Crippen LogP contribution is -2.30. The Hall–Kier alpha value is -5.85. The van der Waals surface area contributed by atoms with Crippen LogP contribution in [0.5, 0.6) is 5.75 Å². The average Bonchev–Trinajstić information content (AvgIpc) is 3.89. The number of hydrogen-bond acceptors (Lipinski definition) is 14. The van der Waals surface area contributed by atoms with Crippen LogP contribution in [0, 0.1) is 24.6 Å². The van der Waals surface area contributed by atoms with Gasteiger partial charge in [0.1, 0.15) is 6.73 Å². The van der Waals surface area contributed by atoms with E-state index in [1.165, 1.54) is 35.6 Å². The third-order valence-electron chi connectivity index (χ3n) is 10.6. The number of nitrogens with zero attached hydrogens (tertiary/aromatic N) is 9. The van der Waals surface area contributed by atoms with Crippen LogP contribution in [0.2, 0.25) is 25.7 Å². The van der Waals surface area contributed by atoms with Crippen molar-refractivity contribution in [1.29, 1.82) is 0 Å². The Kier molecular flexibility index (Phi) is 15.4. The van der Waals surface area contributed by atoms with Gasteiger partial charge < -0.3 is 19.1 Å². The SMILES string of the molecule is CCOC(=O)c1nc(N(C)c2cc(C)c(/N=c3\sc4ccccc4n3COCC[Si](C)(C)C)nn2)sc1CCCOc1ccc(C#CCN(C)Cc2ccc(C3(C(F)(F)F)N=N3)cc2)cc1F. The number of thiazole rings is 2. The van der Waals surface area contributed by atoms with Crippen LogP contribution in [0.3, 0.4) is 0 Å². The fourth-order valence-corrected chi connectivity index (χ4v) is 9.58. The van der Waals surface area contributed by atoms with Crippen LogP contribution in [-0.4, -0.2) is 85.3 Å². The van der Waals surface area contributed by atoms with Crippen LogP contribution in [-0.2, 0) is 34.8 Å². The summed E-state index contributed by atoms with van der Waals surface area (Å²) in [7, 11) is 2.38. The number of fused-ring (bicyclic) bond motifs is 1. The number of aromatic nitrogens is 4. The first-order valence-corrected chi connectivity index (χ1v) is 26.9. The fraction of sp³-hybridized carbons (Fsp3) is 0.383. The van der Waals surface area contributed by atoms with Gasteiger partial charge in [-0.25, -0.2) is 14.2 Å². The molecule has 0 N–H and O–H groups in total. The average molecular weight is 974 g/mol. The minimum atomic E-state index is -4.58. The number of alkyl halides is 3. The highest BCUT2D eigenvalue weighted by atomic mass is 32.1. The van der Waals surface area contributed by atoms with Crippen LogP contribution >= 0.6 is 22.7 Å². The van der Waals surface area contributed by atoms with Gasteiger partial charge in [-0.1, -0.05) is 79.2 Å². The molecule has 0 unspecified atom stereocenters. The van der Waals surface area contributed by atoms with Crippen molar-refractivity contribution in [1.82, 2.24) is 24.6 Å². The van der Waals surface area contributed by atoms with E-state index in [9.17, 15) is 18.0 Å². The molecule has 0 fully saturated rings. The van der Waals surface area contributed by atoms with E-state index >= 15 is 4.39 Å². The Morgan fingerprint density at radius 2 is 1.75 bits per heavy atom. The quantitative estimate of drug-likeness (QED) is 0.0256. The number of benzene rings is 3. The largest absolute Gasteiger partial charge is 0.491 e. The summed E-state index contributed by atoms with van der Waals surface area (Å²) in [6.45, 7) is 12.8. The van der Waals surface area contributed by atoms with Crippen molar-refractivity contribution in [3.05, 3.63) is 116 Å². The number of rotatable bonds is 19. The van der Waals surface area contributed by atoms with Crippen LogP contribution in [0.4, 0.5) is 34.3 Å². The second-order valence-corrected chi connectivity index (χ2v) is 24.8. The van der Waals surface area contributed by atoms with E-state index in [1.807, 2.05) is 37.1 Å². The van der Waals surface area contributed by atoms with Gasteiger partial charge in [0.15, 0.2) is 38.8 Å². The van der Waals surface area contributed by atoms with E-state index in [4.69, 9.17) is 19.2 Å². The standard InChI is InChI=1S/C47H51F4N9O4S2Si/c1-8-63-43(61)41-39(16-12-24-64-37-22-19-32(28-35(37)48)13-11-23-58(3)29-33-17-20-34(21-18-33)46(56-57-46)47(49,50)51)66-44(52-41)59(4)40-27-31(2)42(55-54-40)53-45-60(30-62-25-26-67(5,6)7)36-14-9-10-15-38(36)65-45/h9-10,14-15,17-22,27-28H,8,12,16,23-26,29-30H2,1-7H3/b53-45-. The molecular formula is C47H51F4N9O4S2Si. The first-order valence-electron chi connectivity index (χ1n) is 21.6. The molecule has 1 aliphatic rings. The topological polar surface area (TPSA) is 132 Å².